The van der Waals surface area contributed by atoms with Crippen molar-refractivity contribution in [1.29, 1.82) is 0 Å². The van der Waals surface area contributed by atoms with Gasteiger partial charge in [0.1, 0.15) is 12.2 Å². The summed E-state index contributed by atoms with van der Waals surface area (Å²) in [6.45, 7) is 4.26. The van der Waals surface area contributed by atoms with Gasteiger partial charge in [-0.2, -0.15) is 0 Å². The quantitative estimate of drug-likeness (QED) is 0.263. The van der Waals surface area contributed by atoms with E-state index in [0.29, 0.717) is 5.75 Å². The van der Waals surface area contributed by atoms with Crippen LogP contribution in [-0.2, 0) is 19.7 Å². The fourth-order valence-electron chi connectivity index (χ4n) is 3.37. The molecule has 0 bridgehead atoms. The highest BCUT2D eigenvalue weighted by molar-refractivity contribution is 5.92. The normalized spacial score (nSPS) is 12.7. The Morgan fingerprint density at radius 1 is 0.759 bits per heavy atom. The molecule has 3 aromatic carbocycles. The van der Waals surface area contributed by atoms with Gasteiger partial charge in [-0.25, -0.2) is 0 Å². The predicted octanol–water partition coefficient (Wildman–Crippen LogP) is 4.82. The van der Waals surface area contributed by atoms with E-state index >= 15 is 0 Å². The Labute approximate surface area is 171 Å². The molecule has 0 heterocycles. The van der Waals surface area contributed by atoms with Crippen LogP contribution in [0.25, 0.3) is 0 Å². The molecule has 0 spiro atoms. The smallest absolute Gasteiger partial charge is 0.322 e. The summed E-state index contributed by atoms with van der Waals surface area (Å²) in [6.07, 6.45) is -0.413. The number of carbonyl (C=O) groups is 2. The summed E-state index contributed by atoms with van der Waals surface area (Å²) in [5, 5.41) is 0. The van der Waals surface area contributed by atoms with Crippen molar-refractivity contribution in [2.45, 2.75) is 25.7 Å². The van der Waals surface area contributed by atoms with Crippen molar-refractivity contribution in [3.63, 3.8) is 0 Å². The average molecular weight is 388 g/mol. The lowest BCUT2D eigenvalue weighted by Crippen LogP contribution is -2.25. The van der Waals surface area contributed by atoms with E-state index in [1.165, 1.54) is 23.8 Å². The zero-order chi connectivity index (χ0) is 20.9. The molecule has 0 N–H and O–H groups in total. The van der Waals surface area contributed by atoms with Gasteiger partial charge in [0.15, 0.2) is 0 Å². The van der Waals surface area contributed by atoms with Crippen molar-refractivity contribution in [2.24, 2.45) is 0 Å². The van der Waals surface area contributed by atoms with E-state index in [2.05, 4.69) is 55.0 Å². The molecule has 0 saturated heterocycles. The molecule has 148 valence electrons. The number of aryl methyl sites for hydroxylation is 1. The van der Waals surface area contributed by atoms with Gasteiger partial charge in [0, 0.05) is 5.41 Å². The fraction of sp³-hybridized carbons (Fsp3) is 0.200. The van der Waals surface area contributed by atoms with Crippen LogP contribution in [0.4, 0.5) is 0 Å². The van der Waals surface area contributed by atoms with Crippen LogP contribution in [0.3, 0.4) is 0 Å². The summed E-state index contributed by atoms with van der Waals surface area (Å²) < 4.78 is 9.73. The largest absolute Gasteiger partial charge is 0.469 e. The molecular formula is C25H24O4. The number of rotatable bonds is 6. The topological polar surface area (TPSA) is 52.6 Å². The Bertz CT molecular complexity index is 976. The second kappa shape index (κ2) is 8.74. The molecule has 0 aromatic heterocycles. The van der Waals surface area contributed by atoms with Crippen molar-refractivity contribution < 1.29 is 19.1 Å². The molecule has 0 amide bonds. The highest BCUT2D eigenvalue weighted by Gasteiger charge is 2.31. The minimum absolute atomic E-state index is 0.372. The van der Waals surface area contributed by atoms with Crippen LogP contribution in [0.15, 0.2) is 78.9 Å². The van der Waals surface area contributed by atoms with Crippen LogP contribution >= 0.6 is 0 Å². The Morgan fingerprint density at radius 2 is 1.28 bits per heavy atom. The molecule has 3 aromatic rings. The summed E-state index contributed by atoms with van der Waals surface area (Å²) in [7, 11) is 1.24. The van der Waals surface area contributed by atoms with Crippen molar-refractivity contribution in [3.05, 3.63) is 101 Å². The molecule has 29 heavy (non-hydrogen) atoms. The van der Waals surface area contributed by atoms with Gasteiger partial charge in [0.25, 0.3) is 0 Å². The van der Waals surface area contributed by atoms with E-state index < -0.39 is 18.4 Å². The van der Waals surface area contributed by atoms with Crippen LogP contribution in [0.1, 0.15) is 35.6 Å². The van der Waals surface area contributed by atoms with E-state index in [4.69, 9.17) is 4.74 Å². The summed E-state index contributed by atoms with van der Waals surface area (Å²) in [5.41, 5.74) is 4.24. The number of carbonyl (C=O) groups excluding carboxylic acids is 2. The molecule has 0 aliphatic rings. The molecule has 1 atom stereocenters. The third kappa shape index (κ3) is 4.54. The van der Waals surface area contributed by atoms with Crippen molar-refractivity contribution >= 4 is 11.9 Å². The van der Waals surface area contributed by atoms with Gasteiger partial charge in [-0.05, 0) is 42.7 Å². The molecule has 4 heteroatoms. The Balaban J connectivity index is 1.94. The predicted molar refractivity (Wildman–Crippen MR) is 112 cm³/mol. The van der Waals surface area contributed by atoms with E-state index in [1.54, 1.807) is 12.1 Å². The highest BCUT2D eigenvalue weighted by atomic mass is 16.5. The van der Waals surface area contributed by atoms with Gasteiger partial charge in [-0.15, -0.1) is 0 Å². The lowest BCUT2D eigenvalue weighted by Gasteiger charge is -2.32. The summed E-state index contributed by atoms with van der Waals surface area (Å²) in [5.74, 6) is -0.876. The van der Waals surface area contributed by atoms with Crippen LogP contribution in [0.5, 0.6) is 5.75 Å². The van der Waals surface area contributed by atoms with Gasteiger partial charge < -0.3 is 9.47 Å². The van der Waals surface area contributed by atoms with Crippen LogP contribution < -0.4 is 4.74 Å². The SMILES string of the molecule is COC(=O)CC(=O)Oc1ccc(C(C)(c2ccccc2)c2ccc(C)cc2)cc1. The molecule has 0 aliphatic carbocycles. The van der Waals surface area contributed by atoms with Gasteiger partial charge in [0.2, 0.25) is 0 Å². The summed E-state index contributed by atoms with van der Waals surface area (Å²) in [4.78, 5) is 23.0. The maximum absolute atomic E-state index is 11.8. The van der Waals surface area contributed by atoms with Gasteiger partial charge in [-0.1, -0.05) is 72.3 Å². The molecule has 0 saturated carbocycles. The number of esters is 2. The van der Waals surface area contributed by atoms with Crippen LogP contribution in [0.2, 0.25) is 0 Å². The number of methoxy groups -OCH3 is 1. The third-order valence-electron chi connectivity index (χ3n) is 5.16. The first kappa shape index (κ1) is 20.3. The van der Waals surface area contributed by atoms with Crippen molar-refractivity contribution in [3.8, 4) is 5.75 Å². The second-order valence-corrected chi connectivity index (χ2v) is 7.11. The van der Waals surface area contributed by atoms with Crippen molar-refractivity contribution in [1.82, 2.24) is 0 Å². The number of benzene rings is 3. The Morgan fingerprint density at radius 3 is 1.83 bits per heavy atom. The minimum Gasteiger partial charge on any atom is -0.469 e. The standard InChI is InChI=1S/C25H24O4/c1-18-9-11-20(12-10-18)25(2,19-7-5-4-6-8-19)21-13-15-22(16-14-21)29-24(27)17-23(26)28-3/h4-16H,17H2,1-3H3. The second-order valence-electron chi connectivity index (χ2n) is 7.11. The van der Waals surface area contributed by atoms with Gasteiger partial charge >= 0.3 is 11.9 Å². The molecule has 0 radical (unpaired) electrons. The first-order valence-electron chi connectivity index (χ1n) is 9.44. The molecular weight excluding hydrogens is 364 g/mol. The third-order valence-corrected chi connectivity index (χ3v) is 5.16. The fourth-order valence-corrected chi connectivity index (χ4v) is 3.37. The summed E-state index contributed by atoms with van der Waals surface area (Å²) in [6, 6.07) is 26.2. The summed E-state index contributed by atoms with van der Waals surface area (Å²) >= 11 is 0. The van der Waals surface area contributed by atoms with E-state index in [9.17, 15) is 9.59 Å². The first-order valence-corrected chi connectivity index (χ1v) is 9.44. The van der Waals surface area contributed by atoms with Crippen LogP contribution in [-0.4, -0.2) is 19.0 Å². The Kier molecular flexibility index (Phi) is 6.13. The maximum Gasteiger partial charge on any atom is 0.322 e. The molecule has 3 rings (SSSR count). The molecule has 0 fully saturated rings. The average Bonchev–Trinajstić information content (AvgIpc) is 2.74. The molecule has 1 unspecified atom stereocenters. The zero-order valence-corrected chi connectivity index (χ0v) is 16.8. The van der Waals surface area contributed by atoms with Crippen LogP contribution in [0, 0.1) is 6.92 Å². The maximum atomic E-state index is 11.8. The first-order chi connectivity index (χ1) is 13.9. The lowest BCUT2D eigenvalue weighted by molar-refractivity contribution is -0.148. The zero-order valence-electron chi connectivity index (χ0n) is 16.8. The van der Waals surface area contributed by atoms with E-state index in [-0.39, 0.29) is 5.41 Å². The van der Waals surface area contributed by atoms with Gasteiger partial charge in [0.05, 0.1) is 7.11 Å². The lowest BCUT2D eigenvalue weighted by atomic mass is 9.71. The molecule has 4 nitrogen and oxygen atoms in total. The highest BCUT2D eigenvalue weighted by Crippen LogP contribution is 2.39. The van der Waals surface area contributed by atoms with Crippen molar-refractivity contribution in [2.75, 3.05) is 7.11 Å². The van der Waals surface area contributed by atoms with E-state index in [0.717, 1.165) is 5.56 Å². The van der Waals surface area contributed by atoms with E-state index in [1.807, 2.05) is 30.3 Å². The minimum atomic E-state index is -0.644. The Hall–Kier alpha value is -3.40. The number of ether oxygens (including phenoxy) is 2. The molecule has 0 aliphatic heterocycles. The number of hydrogen-bond donors (Lipinski definition) is 0. The number of hydrogen-bond acceptors (Lipinski definition) is 4. The monoisotopic (exact) mass is 388 g/mol. The van der Waals surface area contributed by atoms with Gasteiger partial charge in [-0.3, -0.25) is 9.59 Å².